The number of anilines is 2. The second-order valence-corrected chi connectivity index (χ2v) is 10.7. The molecule has 10 nitrogen and oxygen atoms in total. The fourth-order valence-corrected chi connectivity index (χ4v) is 3.38. The van der Waals surface area contributed by atoms with E-state index in [0.717, 1.165) is 17.4 Å². The summed E-state index contributed by atoms with van der Waals surface area (Å²) in [4.78, 5) is 20.3. The Balaban J connectivity index is 1.79. The van der Waals surface area contributed by atoms with E-state index in [1.165, 1.54) is 4.52 Å². The minimum absolute atomic E-state index is 0.118. The second-order valence-electron chi connectivity index (χ2n) is 8.77. The van der Waals surface area contributed by atoms with Crippen LogP contribution in [-0.2, 0) is 21.1 Å². The molecule has 1 aromatic carbocycles. The molecule has 0 radical (unpaired) electrons. The summed E-state index contributed by atoms with van der Waals surface area (Å²) >= 11 is 0. The molecule has 1 amide bonds. The molecule has 0 aliphatic carbocycles. The van der Waals surface area contributed by atoms with Crippen molar-refractivity contribution < 1.29 is 17.9 Å². The third kappa shape index (κ3) is 5.72. The Hall–Kier alpha value is -3.21. The van der Waals surface area contributed by atoms with Crippen LogP contribution < -0.4 is 10.6 Å². The highest BCUT2D eigenvalue weighted by Crippen LogP contribution is 2.22. The van der Waals surface area contributed by atoms with Gasteiger partial charge in [-0.2, -0.15) is 19.6 Å². The van der Waals surface area contributed by atoms with E-state index >= 15 is 0 Å². The lowest BCUT2D eigenvalue weighted by Crippen LogP contribution is -2.27. The minimum atomic E-state index is -3.61. The summed E-state index contributed by atoms with van der Waals surface area (Å²) in [6, 6.07) is 7.17. The van der Waals surface area contributed by atoms with Crippen molar-refractivity contribution in [1.29, 1.82) is 0 Å². The standard InChI is InChI=1S/C21H28N6O4S/c1-13(2)16-12-23-27-17(16)25-19(32(6,29)30)26-18(27)22-11-14-7-9-15(10-8-14)24-20(28)31-21(3,4)5/h7-10,12-13H,11H2,1-6H3,(H,24,28)(H,22,25,26). The molecule has 0 unspecified atom stereocenters. The van der Waals surface area contributed by atoms with Crippen LogP contribution in [0.3, 0.4) is 0 Å². The summed E-state index contributed by atoms with van der Waals surface area (Å²) in [6.45, 7) is 9.72. The highest BCUT2D eigenvalue weighted by atomic mass is 32.2. The van der Waals surface area contributed by atoms with Crippen LogP contribution in [0.15, 0.2) is 35.6 Å². The number of carbonyl (C=O) groups is 1. The summed E-state index contributed by atoms with van der Waals surface area (Å²) in [5, 5.41) is 9.88. The van der Waals surface area contributed by atoms with Crippen LogP contribution in [0, 0.1) is 0 Å². The lowest BCUT2D eigenvalue weighted by atomic mass is 10.1. The monoisotopic (exact) mass is 460 g/mol. The maximum atomic E-state index is 12.1. The Bertz CT molecular complexity index is 1230. The number of hydrogen-bond acceptors (Lipinski definition) is 8. The SMILES string of the molecule is CC(C)c1cnn2c(NCc3ccc(NC(=O)OC(C)(C)C)cc3)nc(S(C)(=O)=O)nc12. The summed E-state index contributed by atoms with van der Waals surface area (Å²) in [5.74, 6) is 0.394. The van der Waals surface area contributed by atoms with E-state index in [1.807, 2.05) is 26.0 Å². The molecule has 0 spiro atoms. The number of ether oxygens (including phenoxy) is 1. The summed E-state index contributed by atoms with van der Waals surface area (Å²) in [7, 11) is -3.61. The van der Waals surface area contributed by atoms with E-state index < -0.39 is 21.5 Å². The number of nitrogens with zero attached hydrogens (tertiary/aromatic N) is 4. The molecule has 3 aromatic rings. The highest BCUT2D eigenvalue weighted by Gasteiger charge is 2.20. The van der Waals surface area contributed by atoms with Gasteiger partial charge < -0.3 is 10.1 Å². The van der Waals surface area contributed by atoms with Gasteiger partial charge in [-0.1, -0.05) is 26.0 Å². The van der Waals surface area contributed by atoms with Crippen LogP contribution in [0.5, 0.6) is 0 Å². The molecular weight excluding hydrogens is 432 g/mol. The van der Waals surface area contributed by atoms with Crippen LogP contribution >= 0.6 is 0 Å². The van der Waals surface area contributed by atoms with Gasteiger partial charge in [0.05, 0.1) is 6.20 Å². The van der Waals surface area contributed by atoms with Gasteiger partial charge in [-0.25, -0.2) is 13.2 Å². The highest BCUT2D eigenvalue weighted by molar-refractivity contribution is 7.90. The zero-order valence-corrected chi connectivity index (χ0v) is 19.8. The largest absolute Gasteiger partial charge is 0.444 e. The predicted octanol–water partition coefficient (Wildman–Crippen LogP) is 3.61. The van der Waals surface area contributed by atoms with Crippen LogP contribution in [-0.4, -0.2) is 45.9 Å². The Morgan fingerprint density at radius 3 is 2.38 bits per heavy atom. The molecule has 0 bridgehead atoms. The number of rotatable bonds is 6. The molecule has 0 aliphatic heterocycles. The second kappa shape index (κ2) is 8.73. The lowest BCUT2D eigenvalue weighted by Gasteiger charge is -2.19. The normalized spacial score (nSPS) is 12.2. The molecule has 11 heteroatoms. The predicted molar refractivity (Wildman–Crippen MR) is 122 cm³/mol. The number of aromatic nitrogens is 4. The first-order valence-corrected chi connectivity index (χ1v) is 12.0. The summed E-state index contributed by atoms with van der Waals surface area (Å²) < 4.78 is 30.9. The summed E-state index contributed by atoms with van der Waals surface area (Å²) in [5.41, 5.74) is 2.20. The quantitative estimate of drug-likeness (QED) is 0.571. The van der Waals surface area contributed by atoms with Crippen molar-refractivity contribution in [1.82, 2.24) is 19.6 Å². The van der Waals surface area contributed by atoms with E-state index in [9.17, 15) is 13.2 Å². The minimum Gasteiger partial charge on any atom is -0.444 e. The molecule has 2 N–H and O–H groups in total. The number of amides is 1. The molecule has 0 fully saturated rings. The molecule has 2 heterocycles. The van der Waals surface area contributed by atoms with Crippen LogP contribution in [0.4, 0.5) is 16.4 Å². The Labute approximate surface area is 187 Å². The van der Waals surface area contributed by atoms with Gasteiger partial charge >= 0.3 is 6.09 Å². The maximum Gasteiger partial charge on any atom is 0.412 e. The first-order chi connectivity index (χ1) is 14.8. The van der Waals surface area contributed by atoms with Gasteiger partial charge in [0.25, 0.3) is 5.16 Å². The van der Waals surface area contributed by atoms with E-state index in [0.29, 0.717) is 17.9 Å². The van der Waals surface area contributed by atoms with E-state index in [2.05, 4.69) is 25.7 Å². The molecular formula is C21H28N6O4S. The van der Waals surface area contributed by atoms with Gasteiger partial charge in [-0.05, 0) is 44.4 Å². The smallest absolute Gasteiger partial charge is 0.412 e. The van der Waals surface area contributed by atoms with Crippen LogP contribution in [0.1, 0.15) is 51.7 Å². The molecule has 172 valence electrons. The van der Waals surface area contributed by atoms with Crippen molar-refractivity contribution in [2.45, 2.75) is 57.8 Å². The van der Waals surface area contributed by atoms with Gasteiger partial charge in [-0.15, -0.1) is 0 Å². The first-order valence-electron chi connectivity index (χ1n) is 10.1. The zero-order chi connectivity index (χ0) is 23.7. The number of sulfone groups is 1. The topological polar surface area (TPSA) is 128 Å². The number of hydrogen-bond donors (Lipinski definition) is 2. The van der Waals surface area contributed by atoms with Crippen molar-refractivity contribution in [2.75, 3.05) is 16.9 Å². The average Bonchev–Trinajstić information content (AvgIpc) is 3.09. The van der Waals surface area contributed by atoms with Gasteiger partial charge in [0, 0.05) is 24.1 Å². The maximum absolute atomic E-state index is 12.1. The third-order valence-corrected chi connectivity index (χ3v) is 5.22. The van der Waals surface area contributed by atoms with Crippen molar-refractivity contribution in [3.63, 3.8) is 0 Å². The summed E-state index contributed by atoms with van der Waals surface area (Å²) in [6.07, 6.45) is 2.22. The van der Waals surface area contributed by atoms with Crippen LogP contribution in [0.25, 0.3) is 5.65 Å². The van der Waals surface area contributed by atoms with Crippen LogP contribution in [0.2, 0.25) is 0 Å². The molecule has 0 aliphatic rings. The fraction of sp³-hybridized carbons (Fsp3) is 0.429. The van der Waals surface area contributed by atoms with Gasteiger partial charge in [-0.3, -0.25) is 5.32 Å². The number of nitrogens with one attached hydrogen (secondary N) is 2. The molecule has 0 saturated carbocycles. The Kier molecular flexibility index (Phi) is 6.40. The fourth-order valence-electron chi connectivity index (χ4n) is 2.87. The molecule has 0 saturated heterocycles. The van der Waals surface area contributed by atoms with E-state index in [1.54, 1.807) is 39.1 Å². The number of benzene rings is 1. The van der Waals surface area contributed by atoms with Gasteiger partial charge in [0.2, 0.25) is 15.8 Å². The Morgan fingerprint density at radius 1 is 1.16 bits per heavy atom. The lowest BCUT2D eigenvalue weighted by molar-refractivity contribution is 0.0636. The van der Waals surface area contributed by atoms with E-state index in [4.69, 9.17) is 4.74 Å². The van der Waals surface area contributed by atoms with Crippen molar-refractivity contribution in [3.05, 3.63) is 41.6 Å². The Morgan fingerprint density at radius 2 is 1.81 bits per heavy atom. The van der Waals surface area contributed by atoms with Crippen molar-refractivity contribution in [2.24, 2.45) is 0 Å². The molecule has 3 rings (SSSR count). The molecule has 32 heavy (non-hydrogen) atoms. The first kappa shape index (κ1) is 23.5. The van der Waals surface area contributed by atoms with Gasteiger partial charge in [0.15, 0.2) is 5.65 Å². The average molecular weight is 461 g/mol. The molecule has 2 aromatic heterocycles. The zero-order valence-electron chi connectivity index (χ0n) is 19.0. The van der Waals surface area contributed by atoms with E-state index in [-0.39, 0.29) is 17.0 Å². The number of carbonyl (C=O) groups excluding carboxylic acids is 1. The van der Waals surface area contributed by atoms with Crippen molar-refractivity contribution in [3.8, 4) is 0 Å². The number of fused-ring (bicyclic) bond motifs is 1. The van der Waals surface area contributed by atoms with Crippen molar-refractivity contribution >= 4 is 33.2 Å². The van der Waals surface area contributed by atoms with Gasteiger partial charge in [0.1, 0.15) is 5.60 Å². The molecule has 0 atom stereocenters. The third-order valence-electron chi connectivity index (χ3n) is 4.38.